The second-order valence-corrected chi connectivity index (χ2v) is 6.30. The van der Waals surface area contributed by atoms with Crippen LogP contribution in [0.1, 0.15) is 24.1 Å². The molecule has 1 N–H and O–H groups in total. The first-order chi connectivity index (χ1) is 9.61. The van der Waals surface area contributed by atoms with E-state index in [1.54, 1.807) is 7.11 Å². The van der Waals surface area contributed by atoms with Crippen LogP contribution in [-0.2, 0) is 6.54 Å². The van der Waals surface area contributed by atoms with Gasteiger partial charge in [-0.15, -0.1) is 0 Å². The maximum absolute atomic E-state index is 5.24. The molecule has 0 saturated heterocycles. The van der Waals surface area contributed by atoms with Crippen LogP contribution >= 0.6 is 31.9 Å². The molecule has 0 spiro atoms. The Labute approximate surface area is 136 Å². The summed E-state index contributed by atoms with van der Waals surface area (Å²) in [5.74, 6) is 0.854. The summed E-state index contributed by atoms with van der Waals surface area (Å²) in [5, 5.41) is 3.53. The lowest BCUT2D eigenvalue weighted by molar-refractivity contribution is 0.412. The monoisotopic (exact) mass is 397 g/mol. The van der Waals surface area contributed by atoms with Crippen molar-refractivity contribution in [3.05, 3.63) is 62.5 Å². The van der Waals surface area contributed by atoms with Crippen molar-refractivity contribution >= 4 is 31.9 Å². The average Bonchev–Trinajstić information content (AvgIpc) is 2.45. The number of benzene rings is 2. The third kappa shape index (κ3) is 3.84. The molecule has 2 rings (SSSR count). The Balaban J connectivity index is 2.02. The molecular formula is C16H17Br2NO. The van der Waals surface area contributed by atoms with Gasteiger partial charge in [-0.2, -0.15) is 0 Å². The van der Waals surface area contributed by atoms with Gasteiger partial charge in [0.15, 0.2) is 0 Å². The third-order valence-electron chi connectivity index (χ3n) is 3.20. The summed E-state index contributed by atoms with van der Waals surface area (Å²) in [6, 6.07) is 14.7. The molecular weight excluding hydrogens is 382 g/mol. The van der Waals surface area contributed by atoms with Crippen LogP contribution in [0.25, 0.3) is 0 Å². The Hall–Kier alpha value is -0.840. The number of methoxy groups -OCH3 is 1. The fraction of sp³-hybridized carbons (Fsp3) is 0.250. The van der Waals surface area contributed by atoms with E-state index in [1.165, 1.54) is 11.1 Å². The molecule has 0 aliphatic heterocycles. The minimum absolute atomic E-state index is 0.284. The highest BCUT2D eigenvalue weighted by atomic mass is 79.9. The zero-order valence-electron chi connectivity index (χ0n) is 11.5. The zero-order chi connectivity index (χ0) is 14.5. The molecule has 0 heterocycles. The highest BCUT2D eigenvalue weighted by molar-refractivity contribution is 9.10. The molecule has 2 aromatic rings. The van der Waals surface area contributed by atoms with E-state index < -0.39 is 0 Å². The fourth-order valence-corrected chi connectivity index (χ4v) is 3.24. The van der Waals surface area contributed by atoms with Gasteiger partial charge in [-0.25, -0.2) is 0 Å². The molecule has 0 aliphatic carbocycles. The predicted molar refractivity (Wildman–Crippen MR) is 90.1 cm³/mol. The summed E-state index contributed by atoms with van der Waals surface area (Å²) < 4.78 is 7.35. The summed E-state index contributed by atoms with van der Waals surface area (Å²) in [7, 11) is 1.67. The quantitative estimate of drug-likeness (QED) is 0.758. The number of ether oxygens (including phenoxy) is 1. The van der Waals surface area contributed by atoms with Crippen LogP contribution in [0.4, 0.5) is 0 Å². The summed E-state index contributed by atoms with van der Waals surface area (Å²) in [6.07, 6.45) is 0. The van der Waals surface area contributed by atoms with Gasteiger partial charge in [0.05, 0.1) is 11.6 Å². The van der Waals surface area contributed by atoms with Crippen LogP contribution in [0.2, 0.25) is 0 Å². The Kier molecular flexibility index (Phi) is 5.64. The molecule has 0 saturated carbocycles. The van der Waals surface area contributed by atoms with E-state index in [4.69, 9.17) is 4.74 Å². The van der Waals surface area contributed by atoms with E-state index in [1.807, 2.05) is 12.1 Å². The first-order valence-electron chi connectivity index (χ1n) is 6.42. The van der Waals surface area contributed by atoms with Crippen molar-refractivity contribution in [3.63, 3.8) is 0 Å². The second kappa shape index (κ2) is 7.25. The van der Waals surface area contributed by atoms with E-state index in [2.05, 4.69) is 74.4 Å². The normalized spacial score (nSPS) is 12.2. The smallest absolute Gasteiger partial charge is 0.133 e. The van der Waals surface area contributed by atoms with Crippen molar-refractivity contribution in [2.24, 2.45) is 0 Å². The molecule has 20 heavy (non-hydrogen) atoms. The van der Waals surface area contributed by atoms with E-state index in [0.717, 1.165) is 21.2 Å². The van der Waals surface area contributed by atoms with Gasteiger partial charge in [0.2, 0.25) is 0 Å². The van der Waals surface area contributed by atoms with Crippen molar-refractivity contribution in [2.45, 2.75) is 19.5 Å². The minimum atomic E-state index is 0.284. The third-order valence-corrected chi connectivity index (χ3v) is 4.54. The standard InChI is InChI=1S/C16H17Br2NO/c1-11(13-5-3-4-6-14(13)17)19-10-12-7-8-16(20-2)15(18)9-12/h3-9,11,19H,10H2,1-2H3. The van der Waals surface area contributed by atoms with Crippen molar-refractivity contribution in [3.8, 4) is 5.75 Å². The minimum Gasteiger partial charge on any atom is -0.496 e. The van der Waals surface area contributed by atoms with Crippen LogP contribution in [0.3, 0.4) is 0 Å². The Morgan fingerprint density at radius 1 is 1.10 bits per heavy atom. The maximum Gasteiger partial charge on any atom is 0.133 e. The maximum atomic E-state index is 5.24. The summed E-state index contributed by atoms with van der Waals surface area (Å²) >= 11 is 7.10. The van der Waals surface area contributed by atoms with Crippen molar-refractivity contribution in [2.75, 3.05) is 7.11 Å². The van der Waals surface area contributed by atoms with Gasteiger partial charge < -0.3 is 10.1 Å². The molecule has 0 amide bonds. The number of hydrogen-bond donors (Lipinski definition) is 1. The van der Waals surface area contributed by atoms with Crippen LogP contribution in [0.15, 0.2) is 51.4 Å². The Morgan fingerprint density at radius 2 is 1.85 bits per heavy atom. The first-order valence-corrected chi connectivity index (χ1v) is 8.00. The summed E-state index contributed by atoms with van der Waals surface area (Å²) in [4.78, 5) is 0. The summed E-state index contributed by atoms with van der Waals surface area (Å²) in [5.41, 5.74) is 2.48. The van der Waals surface area contributed by atoms with Crippen LogP contribution in [0.5, 0.6) is 5.75 Å². The lowest BCUT2D eigenvalue weighted by atomic mass is 10.1. The van der Waals surface area contributed by atoms with E-state index in [9.17, 15) is 0 Å². The largest absolute Gasteiger partial charge is 0.496 e. The molecule has 2 aromatic carbocycles. The van der Waals surface area contributed by atoms with Gasteiger partial charge in [-0.05, 0) is 52.2 Å². The van der Waals surface area contributed by atoms with Gasteiger partial charge in [0.1, 0.15) is 5.75 Å². The van der Waals surface area contributed by atoms with Crippen LogP contribution < -0.4 is 10.1 Å². The van der Waals surface area contributed by atoms with Crippen LogP contribution in [-0.4, -0.2) is 7.11 Å². The molecule has 1 unspecified atom stereocenters. The lowest BCUT2D eigenvalue weighted by Crippen LogP contribution is -2.18. The van der Waals surface area contributed by atoms with Crippen LogP contribution in [0, 0.1) is 0 Å². The zero-order valence-corrected chi connectivity index (χ0v) is 14.7. The number of rotatable bonds is 5. The SMILES string of the molecule is COc1ccc(CNC(C)c2ccccc2Br)cc1Br. The van der Waals surface area contributed by atoms with E-state index >= 15 is 0 Å². The van der Waals surface area contributed by atoms with E-state index in [0.29, 0.717) is 0 Å². The molecule has 0 aliphatic rings. The molecule has 0 bridgehead atoms. The highest BCUT2D eigenvalue weighted by Gasteiger charge is 2.08. The molecule has 0 fully saturated rings. The second-order valence-electron chi connectivity index (χ2n) is 4.59. The van der Waals surface area contributed by atoms with Crippen molar-refractivity contribution in [1.29, 1.82) is 0 Å². The fourth-order valence-electron chi connectivity index (χ4n) is 2.03. The Bertz CT molecular complexity index is 586. The topological polar surface area (TPSA) is 21.3 Å². The lowest BCUT2D eigenvalue weighted by Gasteiger charge is -2.16. The van der Waals surface area contributed by atoms with E-state index in [-0.39, 0.29) is 6.04 Å². The molecule has 4 heteroatoms. The number of halogens is 2. The first kappa shape index (κ1) is 15.5. The highest BCUT2D eigenvalue weighted by Crippen LogP contribution is 2.26. The van der Waals surface area contributed by atoms with Gasteiger partial charge in [0.25, 0.3) is 0 Å². The number of hydrogen-bond acceptors (Lipinski definition) is 2. The average molecular weight is 399 g/mol. The molecule has 106 valence electrons. The Morgan fingerprint density at radius 3 is 2.50 bits per heavy atom. The van der Waals surface area contributed by atoms with Gasteiger partial charge in [-0.3, -0.25) is 0 Å². The number of nitrogens with one attached hydrogen (secondary N) is 1. The molecule has 0 radical (unpaired) electrons. The van der Waals surface area contributed by atoms with Gasteiger partial charge >= 0.3 is 0 Å². The van der Waals surface area contributed by atoms with Crippen molar-refractivity contribution < 1.29 is 4.74 Å². The molecule has 0 aromatic heterocycles. The van der Waals surface area contributed by atoms with Gasteiger partial charge in [-0.1, -0.05) is 40.2 Å². The molecule has 1 atom stereocenters. The predicted octanol–water partition coefficient (Wildman–Crippen LogP) is 5.07. The van der Waals surface area contributed by atoms with Gasteiger partial charge in [0, 0.05) is 17.1 Å². The summed E-state index contributed by atoms with van der Waals surface area (Å²) in [6.45, 7) is 2.98. The molecule has 2 nitrogen and oxygen atoms in total. The van der Waals surface area contributed by atoms with Crippen molar-refractivity contribution in [1.82, 2.24) is 5.32 Å².